The van der Waals surface area contributed by atoms with Crippen molar-refractivity contribution >= 4 is 21.8 Å². The standard InChI is InChI=1S/C11H16N2O5S/c1-7-6-10(12-18-7)13-19(15,16)9-5-3-4-8(9)11(14)17-2/h6,8-9H,3-5H2,1-2H3,(H,12,13). The molecule has 2 unspecified atom stereocenters. The largest absolute Gasteiger partial charge is 0.469 e. The van der Waals surface area contributed by atoms with Gasteiger partial charge in [0.25, 0.3) is 0 Å². The lowest BCUT2D eigenvalue weighted by Gasteiger charge is -2.17. The highest BCUT2D eigenvalue weighted by atomic mass is 32.2. The molecule has 1 aliphatic rings. The highest BCUT2D eigenvalue weighted by molar-refractivity contribution is 7.93. The number of aromatic nitrogens is 1. The van der Waals surface area contributed by atoms with E-state index in [1.807, 2.05) is 0 Å². The average Bonchev–Trinajstić information content (AvgIpc) is 2.97. The summed E-state index contributed by atoms with van der Waals surface area (Å²) in [6.07, 6.45) is 1.64. The zero-order valence-corrected chi connectivity index (χ0v) is 11.6. The van der Waals surface area contributed by atoms with Crippen molar-refractivity contribution in [2.75, 3.05) is 11.8 Å². The van der Waals surface area contributed by atoms with Gasteiger partial charge in [0.15, 0.2) is 5.82 Å². The summed E-state index contributed by atoms with van der Waals surface area (Å²) in [7, 11) is -2.41. The molecule has 1 aromatic heterocycles. The number of carbonyl (C=O) groups is 1. The third-order valence-corrected chi connectivity index (χ3v) is 5.08. The number of nitrogens with one attached hydrogen (secondary N) is 1. The first-order valence-corrected chi connectivity index (χ1v) is 7.51. The molecule has 106 valence electrons. The summed E-state index contributed by atoms with van der Waals surface area (Å²) in [5.74, 6) is -0.457. The Kier molecular flexibility index (Phi) is 3.79. The number of sulfonamides is 1. The van der Waals surface area contributed by atoms with Crippen molar-refractivity contribution in [2.45, 2.75) is 31.4 Å². The van der Waals surface area contributed by atoms with Crippen molar-refractivity contribution in [1.29, 1.82) is 0 Å². The van der Waals surface area contributed by atoms with E-state index >= 15 is 0 Å². The van der Waals surface area contributed by atoms with Crippen LogP contribution in [0.15, 0.2) is 10.6 Å². The Morgan fingerprint density at radius 3 is 2.84 bits per heavy atom. The smallest absolute Gasteiger partial charge is 0.310 e. The number of carbonyl (C=O) groups excluding carboxylic acids is 1. The molecule has 8 heteroatoms. The van der Waals surface area contributed by atoms with Gasteiger partial charge < -0.3 is 9.26 Å². The van der Waals surface area contributed by atoms with Crippen LogP contribution in [0.2, 0.25) is 0 Å². The molecule has 0 spiro atoms. The predicted octanol–water partition coefficient (Wildman–Crippen LogP) is 1.07. The van der Waals surface area contributed by atoms with Crippen LogP contribution in [-0.4, -0.2) is 31.9 Å². The maximum atomic E-state index is 12.2. The summed E-state index contributed by atoms with van der Waals surface area (Å²) >= 11 is 0. The fourth-order valence-electron chi connectivity index (χ4n) is 2.35. The Labute approximate surface area is 111 Å². The van der Waals surface area contributed by atoms with Gasteiger partial charge in [-0.05, 0) is 19.8 Å². The molecule has 0 radical (unpaired) electrons. The van der Waals surface area contributed by atoms with Crippen molar-refractivity contribution in [3.05, 3.63) is 11.8 Å². The second kappa shape index (κ2) is 5.20. The molecule has 1 heterocycles. The number of aryl methyl sites for hydroxylation is 1. The fourth-order valence-corrected chi connectivity index (χ4v) is 4.05. The molecule has 1 saturated carbocycles. The predicted molar refractivity (Wildman–Crippen MR) is 66.9 cm³/mol. The maximum absolute atomic E-state index is 12.2. The van der Waals surface area contributed by atoms with Gasteiger partial charge >= 0.3 is 5.97 Å². The van der Waals surface area contributed by atoms with Crippen molar-refractivity contribution < 1.29 is 22.5 Å². The number of ether oxygens (including phenoxy) is 1. The molecular formula is C11H16N2O5S. The molecule has 19 heavy (non-hydrogen) atoms. The minimum Gasteiger partial charge on any atom is -0.469 e. The van der Waals surface area contributed by atoms with E-state index in [0.717, 1.165) is 0 Å². The van der Waals surface area contributed by atoms with Crippen LogP contribution in [0.3, 0.4) is 0 Å². The first-order chi connectivity index (χ1) is 8.94. The van der Waals surface area contributed by atoms with Crippen molar-refractivity contribution in [1.82, 2.24) is 5.16 Å². The molecule has 0 saturated heterocycles. The van der Waals surface area contributed by atoms with E-state index in [-0.39, 0.29) is 5.82 Å². The van der Waals surface area contributed by atoms with Crippen LogP contribution in [0.25, 0.3) is 0 Å². The number of hydrogen-bond donors (Lipinski definition) is 1. The topological polar surface area (TPSA) is 98.5 Å². The molecule has 7 nitrogen and oxygen atoms in total. The molecular weight excluding hydrogens is 272 g/mol. The average molecular weight is 288 g/mol. The zero-order chi connectivity index (χ0) is 14.0. The second-order valence-electron chi connectivity index (χ2n) is 4.57. The molecule has 1 aromatic rings. The molecule has 0 aromatic carbocycles. The van der Waals surface area contributed by atoms with Gasteiger partial charge in [0.2, 0.25) is 10.0 Å². The van der Waals surface area contributed by atoms with E-state index in [4.69, 9.17) is 4.52 Å². The quantitative estimate of drug-likeness (QED) is 0.832. The maximum Gasteiger partial charge on any atom is 0.310 e. The van der Waals surface area contributed by atoms with E-state index in [9.17, 15) is 13.2 Å². The summed E-state index contributed by atoms with van der Waals surface area (Å²) in [5, 5.41) is 2.80. The number of hydrogen-bond acceptors (Lipinski definition) is 6. The van der Waals surface area contributed by atoms with Crippen LogP contribution in [-0.2, 0) is 19.6 Å². The van der Waals surface area contributed by atoms with Gasteiger partial charge in [-0.25, -0.2) is 8.42 Å². The van der Waals surface area contributed by atoms with Gasteiger partial charge in [-0.15, -0.1) is 0 Å². The molecule has 0 aliphatic heterocycles. The lowest BCUT2D eigenvalue weighted by Crippen LogP contribution is -2.35. The van der Waals surface area contributed by atoms with Crippen LogP contribution < -0.4 is 4.72 Å². The van der Waals surface area contributed by atoms with Crippen LogP contribution in [0, 0.1) is 12.8 Å². The lowest BCUT2D eigenvalue weighted by molar-refractivity contribution is -0.145. The summed E-state index contributed by atoms with van der Waals surface area (Å²) in [6, 6.07) is 1.49. The van der Waals surface area contributed by atoms with Gasteiger partial charge in [0.05, 0.1) is 18.3 Å². The first-order valence-electron chi connectivity index (χ1n) is 5.97. The van der Waals surface area contributed by atoms with E-state index in [2.05, 4.69) is 14.6 Å². The number of esters is 1. The number of nitrogens with zero attached hydrogens (tertiary/aromatic N) is 1. The first kappa shape index (κ1) is 13.9. The molecule has 1 aliphatic carbocycles. The number of rotatable bonds is 4. The summed E-state index contributed by atoms with van der Waals surface area (Å²) < 4.78 is 36.3. The Bertz CT molecular complexity index is 565. The monoisotopic (exact) mass is 288 g/mol. The molecule has 0 amide bonds. The highest BCUT2D eigenvalue weighted by Gasteiger charge is 2.42. The van der Waals surface area contributed by atoms with Crippen molar-refractivity contribution in [3.8, 4) is 0 Å². The van der Waals surface area contributed by atoms with Crippen LogP contribution in [0.5, 0.6) is 0 Å². The lowest BCUT2D eigenvalue weighted by atomic mass is 10.1. The summed E-state index contributed by atoms with van der Waals surface area (Å²) in [5.41, 5.74) is 0. The third-order valence-electron chi connectivity index (χ3n) is 3.23. The van der Waals surface area contributed by atoms with Gasteiger partial charge in [0, 0.05) is 6.07 Å². The third kappa shape index (κ3) is 2.89. The molecule has 2 atom stereocenters. The van der Waals surface area contributed by atoms with E-state index in [1.165, 1.54) is 13.2 Å². The fraction of sp³-hybridized carbons (Fsp3) is 0.636. The van der Waals surface area contributed by atoms with Crippen LogP contribution in [0.4, 0.5) is 5.82 Å². The minimum absolute atomic E-state index is 0.132. The van der Waals surface area contributed by atoms with Crippen LogP contribution in [0.1, 0.15) is 25.0 Å². The molecule has 1 N–H and O–H groups in total. The van der Waals surface area contributed by atoms with Gasteiger partial charge in [0.1, 0.15) is 5.76 Å². The van der Waals surface area contributed by atoms with Crippen molar-refractivity contribution in [2.24, 2.45) is 5.92 Å². The Balaban J connectivity index is 2.17. The molecule has 0 bridgehead atoms. The number of methoxy groups -OCH3 is 1. The number of anilines is 1. The molecule has 1 fully saturated rings. The zero-order valence-electron chi connectivity index (χ0n) is 10.8. The molecule has 2 rings (SSSR count). The van der Waals surface area contributed by atoms with Gasteiger partial charge in [-0.2, -0.15) is 0 Å². The Hall–Kier alpha value is -1.57. The second-order valence-corrected chi connectivity index (χ2v) is 6.47. The van der Waals surface area contributed by atoms with Gasteiger partial charge in [-0.1, -0.05) is 11.6 Å². The van der Waals surface area contributed by atoms with Gasteiger partial charge in [-0.3, -0.25) is 9.52 Å². The van der Waals surface area contributed by atoms with E-state index in [1.54, 1.807) is 6.92 Å². The van der Waals surface area contributed by atoms with E-state index in [0.29, 0.717) is 25.0 Å². The highest BCUT2D eigenvalue weighted by Crippen LogP contribution is 2.32. The Morgan fingerprint density at radius 1 is 1.53 bits per heavy atom. The SMILES string of the molecule is COC(=O)C1CCCC1S(=O)(=O)Nc1cc(C)on1. The normalized spacial score (nSPS) is 23.3. The van der Waals surface area contributed by atoms with E-state index < -0.39 is 27.2 Å². The summed E-state index contributed by atoms with van der Waals surface area (Å²) in [6.45, 7) is 1.66. The van der Waals surface area contributed by atoms with Crippen LogP contribution >= 0.6 is 0 Å². The van der Waals surface area contributed by atoms with Crippen molar-refractivity contribution in [3.63, 3.8) is 0 Å². The summed E-state index contributed by atoms with van der Waals surface area (Å²) in [4.78, 5) is 11.6. The minimum atomic E-state index is -3.68. The Morgan fingerprint density at radius 2 is 2.26 bits per heavy atom.